The molecule has 1 saturated carbocycles. The number of carbonyl (C=O) groups excluding carboxylic acids is 1. The average Bonchev–Trinajstić information content (AvgIpc) is 2.45. The summed E-state index contributed by atoms with van der Waals surface area (Å²) in [5.41, 5.74) is 2.16. The summed E-state index contributed by atoms with van der Waals surface area (Å²) in [5.74, 6) is -0.198. The standard InChI is InChI=1S/C16H23NO2/c1-12-7-6-8-13(11-12)15(16(18)19-2)17-14-9-4-3-5-10-14/h6-8,11,14-15,17H,3-5,9-10H2,1-2H3. The molecule has 1 N–H and O–H groups in total. The molecule has 1 aromatic carbocycles. The van der Waals surface area contributed by atoms with Crippen molar-refractivity contribution in [1.82, 2.24) is 5.32 Å². The minimum absolute atomic E-state index is 0.198. The maximum Gasteiger partial charge on any atom is 0.327 e. The van der Waals surface area contributed by atoms with Crippen molar-refractivity contribution in [1.29, 1.82) is 0 Å². The summed E-state index contributed by atoms with van der Waals surface area (Å²) in [5, 5.41) is 3.48. The monoisotopic (exact) mass is 261 g/mol. The Hall–Kier alpha value is -1.35. The molecule has 1 aliphatic carbocycles. The molecule has 1 fully saturated rings. The van der Waals surface area contributed by atoms with E-state index in [-0.39, 0.29) is 12.0 Å². The van der Waals surface area contributed by atoms with Gasteiger partial charge >= 0.3 is 5.97 Å². The fourth-order valence-electron chi connectivity index (χ4n) is 2.77. The number of esters is 1. The second-order valence-electron chi connectivity index (χ2n) is 5.37. The normalized spacial score (nSPS) is 18.0. The zero-order valence-corrected chi connectivity index (χ0v) is 11.8. The van der Waals surface area contributed by atoms with Crippen LogP contribution in [0.1, 0.15) is 49.3 Å². The topological polar surface area (TPSA) is 38.3 Å². The number of ether oxygens (including phenoxy) is 1. The minimum Gasteiger partial charge on any atom is -0.468 e. The Kier molecular flexibility index (Phi) is 4.97. The van der Waals surface area contributed by atoms with E-state index in [4.69, 9.17) is 4.74 Å². The van der Waals surface area contributed by atoms with Gasteiger partial charge in [-0.3, -0.25) is 5.32 Å². The molecule has 3 heteroatoms. The highest BCUT2D eigenvalue weighted by Crippen LogP contribution is 2.23. The summed E-state index contributed by atoms with van der Waals surface area (Å²) < 4.78 is 4.95. The molecule has 1 aliphatic rings. The molecule has 2 rings (SSSR count). The fraction of sp³-hybridized carbons (Fsp3) is 0.562. The number of aryl methyl sites for hydroxylation is 1. The van der Waals surface area contributed by atoms with Crippen LogP contribution in [-0.4, -0.2) is 19.1 Å². The predicted molar refractivity (Wildman–Crippen MR) is 75.9 cm³/mol. The second-order valence-corrected chi connectivity index (χ2v) is 5.37. The maximum absolute atomic E-state index is 12.0. The van der Waals surface area contributed by atoms with E-state index in [0.29, 0.717) is 6.04 Å². The summed E-state index contributed by atoms with van der Waals surface area (Å²) in [7, 11) is 1.45. The molecule has 0 amide bonds. The Labute approximate surface area is 115 Å². The largest absolute Gasteiger partial charge is 0.468 e. The summed E-state index contributed by atoms with van der Waals surface area (Å²) in [6.07, 6.45) is 6.11. The van der Waals surface area contributed by atoms with Crippen molar-refractivity contribution >= 4 is 5.97 Å². The molecule has 0 spiro atoms. The summed E-state index contributed by atoms with van der Waals surface area (Å²) in [6.45, 7) is 2.04. The molecule has 0 aliphatic heterocycles. The number of benzene rings is 1. The lowest BCUT2D eigenvalue weighted by molar-refractivity contribution is -0.143. The molecule has 19 heavy (non-hydrogen) atoms. The lowest BCUT2D eigenvalue weighted by Gasteiger charge is -2.27. The van der Waals surface area contributed by atoms with Crippen LogP contribution in [0.4, 0.5) is 0 Å². The van der Waals surface area contributed by atoms with Crippen molar-refractivity contribution in [3.63, 3.8) is 0 Å². The van der Waals surface area contributed by atoms with Crippen molar-refractivity contribution in [2.45, 2.75) is 51.1 Å². The molecule has 3 nitrogen and oxygen atoms in total. The third kappa shape index (κ3) is 3.80. The molecular formula is C16H23NO2. The average molecular weight is 261 g/mol. The van der Waals surface area contributed by atoms with Crippen LogP contribution in [0.2, 0.25) is 0 Å². The van der Waals surface area contributed by atoms with E-state index in [2.05, 4.69) is 11.4 Å². The Bertz CT molecular complexity index is 425. The molecule has 0 saturated heterocycles. The van der Waals surface area contributed by atoms with Gasteiger partial charge in [-0.25, -0.2) is 4.79 Å². The van der Waals surface area contributed by atoms with Crippen LogP contribution in [0.15, 0.2) is 24.3 Å². The van der Waals surface area contributed by atoms with Gasteiger partial charge in [0.1, 0.15) is 6.04 Å². The Morgan fingerprint density at radius 2 is 2.05 bits per heavy atom. The highest BCUT2D eigenvalue weighted by molar-refractivity contribution is 5.77. The summed E-state index contributed by atoms with van der Waals surface area (Å²) in [6, 6.07) is 8.16. The van der Waals surface area contributed by atoms with Gasteiger partial charge in [0.05, 0.1) is 7.11 Å². The summed E-state index contributed by atoms with van der Waals surface area (Å²) >= 11 is 0. The van der Waals surface area contributed by atoms with Gasteiger partial charge in [-0.1, -0.05) is 49.1 Å². The molecular weight excluding hydrogens is 238 g/mol. The van der Waals surface area contributed by atoms with Gasteiger partial charge < -0.3 is 4.74 Å². The van der Waals surface area contributed by atoms with E-state index in [1.165, 1.54) is 26.4 Å². The molecule has 0 bridgehead atoms. The van der Waals surface area contributed by atoms with Crippen LogP contribution in [0.3, 0.4) is 0 Å². The van der Waals surface area contributed by atoms with Crippen LogP contribution in [0, 0.1) is 6.92 Å². The van der Waals surface area contributed by atoms with Crippen molar-refractivity contribution in [3.05, 3.63) is 35.4 Å². The first-order valence-corrected chi connectivity index (χ1v) is 7.11. The minimum atomic E-state index is -0.340. The van der Waals surface area contributed by atoms with Crippen LogP contribution < -0.4 is 5.32 Å². The lowest BCUT2D eigenvalue weighted by atomic mass is 9.93. The van der Waals surface area contributed by atoms with Gasteiger partial charge in [-0.05, 0) is 25.3 Å². The third-order valence-corrected chi connectivity index (χ3v) is 3.82. The highest BCUT2D eigenvalue weighted by Gasteiger charge is 2.25. The van der Waals surface area contributed by atoms with Crippen molar-refractivity contribution in [2.75, 3.05) is 7.11 Å². The number of hydrogen-bond donors (Lipinski definition) is 1. The Balaban J connectivity index is 2.13. The first-order valence-electron chi connectivity index (χ1n) is 7.11. The fourth-order valence-corrected chi connectivity index (χ4v) is 2.77. The SMILES string of the molecule is COC(=O)C(NC1CCCCC1)c1cccc(C)c1. The number of methoxy groups -OCH3 is 1. The molecule has 104 valence electrons. The van der Waals surface area contributed by atoms with Crippen molar-refractivity contribution < 1.29 is 9.53 Å². The van der Waals surface area contributed by atoms with Gasteiger partial charge in [0, 0.05) is 6.04 Å². The summed E-state index contributed by atoms with van der Waals surface area (Å²) in [4.78, 5) is 12.0. The first-order chi connectivity index (χ1) is 9.20. The molecule has 1 aromatic rings. The number of rotatable bonds is 4. The zero-order chi connectivity index (χ0) is 13.7. The Morgan fingerprint density at radius 1 is 1.32 bits per heavy atom. The van der Waals surface area contributed by atoms with Crippen LogP contribution in [0.25, 0.3) is 0 Å². The van der Waals surface area contributed by atoms with Gasteiger partial charge in [-0.2, -0.15) is 0 Å². The second kappa shape index (κ2) is 6.71. The van der Waals surface area contributed by atoms with Crippen LogP contribution in [0.5, 0.6) is 0 Å². The van der Waals surface area contributed by atoms with Crippen molar-refractivity contribution in [2.24, 2.45) is 0 Å². The van der Waals surface area contributed by atoms with E-state index in [1.54, 1.807) is 0 Å². The molecule has 1 atom stereocenters. The van der Waals surface area contributed by atoms with Crippen molar-refractivity contribution in [3.8, 4) is 0 Å². The Morgan fingerprint density at radius 3 is 2.68 bits per heavy atom. The van der Waals surface area contributed by atoms with Gasteiger partial charge in [0.25, 0.3) is 0 Å². The zero-order valence-electron chi connectivity index (χ0n) is 11.8. The number of carbonyl (C=O) groups is 1. The van der Waals surface area contributed by atoms with Gasteiger partial charge in [0.15, 0.2) is 0 Å². The third-order valence-electron chi connectivity index (χ3n) is 3.82. The van der Waals surface area contributed by atoms with Gasteiger partial charge in [0.2, 0.25) is 0 Å². The van der Waals surface area contributed by atoms with E-state index in [0.717, 1.165) is 24.0 Å². The molecule has 1 unspecified atom stereocenters. The number of hydrogen-bond acceptors (Lipinski definition) is 3. The number of nitrogens with one attached hydrogen (secondary N) is 1. The van der Waals surface area contributed by atoms with Gasteiger partial charge in [-0.15, -0.1) is 0 Å². The van der Waals surface area contributed by atoms with Crippen LogP contribution in [-0.2, 0) is 9.53 Å². The van der Waals surface area contributed by atoms with E-state index < -0.39 is 0 Å². The lowest BCUT2D eigenvalue weighted by Crippen LogP contribution is -2.38. The van der Waals surface area contributed by atoms with Crippen LogP contribution >= 0.6 is 0 Å². The molecule has 0 radical (unpaired) electrons. The highest BCUT2D eigenvalue weighted by atomic mass is 16.5. The quantitative estimate of drug-likeness (QED) is 0.846. The smallest absolute Gasteiger partial charge is 0.327 e. The molecule has 0 aromatic heterocycles. The van der Waals surface area contributed by atoms with E-state index in [1.807, 2.05) is 25.1 Å². The maximum atomic E-state index is 12.0. The predicted octanol–water partition coefficient (Wildman–Crippen LogP) is 3.13. The molecule has 0 heterocycles. The van der Waals surface area contributed by atoms with E-state index >= 15 is 0 Å². The van der Waals surface area contributed by atoms with E-state index in [9.17, 15) is 4.79 Å². The first kappa shape index (κ1) is 14.1.